The zero-order valence-corrected chi connectivity index (χ0v) is 17.5. The number of fused-ring (bicyclic) bond motifs is 1. The summed E-state index contributed by atoms with van der Waals surface area (Å²) in [6, 6.07) is 13.2. The van der Waals surface area contributed by atoms with E-state index in [0.29, 0.717) is 20.8 Å². The van der Waals surface area contributed by atoms with E-state index in [1.54, 1.807) is 6.07 Å². The average molecular weight is 427 g/mol. The second-order valence-corrected chi connectivity index (χ2v) is 8.24. The maximum atomic E-state index is 12.3. The van der Waals surface area contributed by atoms with Gasteiger partial charge in [0.15, 0.2) is 5.17 Å². The highest BCUT2D eigenvalue weighted by Crippen LogP contribution is 2.31. The maximum Gasteiger partial charge on any atom is 0.286 e. The van der Waals surface area contributed by atoms with Crippen LogP contribution in [0.1, 0.15) is 5.56 Å². The van der Waals surface area contributed by atoms with Gasteiger partial charge in [0.1, 0.15) is 5.52 Å². The van der Waals surface area contributed by atoms with Gasteiger partial charge in [-0.1, -0.05) is 35.0 Å². The van der Waals surface area contributed by atoms with Crippen LogP contribution in [0.3, 0.4) is 0 Å². The Morgan fingerprint density at radius 2 is 2.07 bits per heavy atom. The van der Waals surface area contributed by atoms with Crippen molar-refractivity contribution in [2.45, 2.75) is 6.54 Å². The molecule has 9 heteroatoms. The van der Waals surface area contributed by atoms with E-state index in [0.717, 1.165) is 29.7 Å². The number of rotatable bonds is 5. The Kier molecular flexibility index (Phi) is 5.66. The van der Waals surface area contributed by atoms with Crippen molar-refractivity contribution in [2.24, 2.45) is 4.99 Å². The number of para-hydroxylation sites is 1. The van der Waals surface area contributed by atoms with Crippen molar-refractivity contribution in [1.29, 1.82) is 0 Å². The van der Waals surface area contributed by atoms with Crippen LogP contribution in [0.15, 0.2) is 52.4 Å². The lowest BCUT2D eigenvalue weighted by molar-refractivity contribution is -0.113. The number of amidine groups is 1. The standard InChI is InChI=1S/C20H19ClN6OS/c1-26(2)9-10-27-17-11-13(7-8-16(17)24-25-27)12-18-19(28)23-20(29-18)22-15-6-4-3-5-14(15)21/h3-8,11-12H,9-10H2,1-2H3,(H,22,23,28). The van der Waals surface area contributed by atoms with Crippen molar-refractivity contribution in [2.75, 3.05) is 26.0 Å². The fourth-order valence-electron chi connectivity index (χ4n) is 2.82. The number of halogens is 1. The number of thioether (sulfide) groups is 1. The van der Waals surface area contributed by atoms with Crippen molar-refractivity contribution < 1.29 is 4.79 Å². The van der Waals surface area contributed by atoms with E-state index in [9.17, 15) is 4.79 Å². The third-order valence-corrected chi connectivity index (χ3v) is 5.56. The number of benzene rings is 2. The number of anilines is 1. The van der Waals surface area contributed by atoms with E-state index in [1.165, 1.54) is 11.8 Å². The lowest BCUT2D eigenvalue weighted by Crippen LogP contribution is -2.19. The quantitative estimate of drug-likeness (QED) is 0.626. The molecule has 4 rings (SSSR count). The smallest absolute Gasteiger partial charge is 0.286 e. The number of aromatic nitrogens is 3. The molecule has 0 aliphatic carbocycles. The van der Waals surface area contributed by atoms with Gasteiger partial charge in [-0.15, -0.1) is 5.10 Å². The van der Waals surface area contributed by atoms with E-state index >= 15 is 0 Å². The molecule has 29 heavy (non-hydrogen) atoms. The van der Waals surface area contributed by atoms with Gasteiger partial charge in [-0.25, -0.2) is 4.68 Å². The van der Waals surface area contributed by atoms with Crippen LogP contribution in [0.2, 0.25) is 5.02 Å². The third-order valence-electron chi connectivity index (χ3n) is 4.33. The van der Waals surface area contributed by atoms with E-state index in [1.807, 2.05) is 61.3 Å². The van der Waals surface area contributed by atoms with Crippen molar-refractivity contribution in [3.8, 4) is 0 Å². The molecule has 0 fully saturated rings. The Bertz CT molecular complexity index is 1140. The normalized spacial score (nSPS) is 15.5. The molecule has 3 aromatic rings. The van der Waals surface area contributed by atoms with Crippen LogP contribution < -0.4 is 5.32 Å². The monoisotopic (exact) mass is 426 g/mol. The molecule has 2 heterocycles. The van der Waals surface area contributed by atoms with Crippen molar-refractivity contribution in [3.63, 3.8) is 0 Å². The Morgan fingerprint density at radius 1 is 1.24 bits per heavy atom. The summed E-state index contributed by atoms with van der Waals surface area (Å²) in [5, 5.41) is 12.6. The summed E-state index contributed by atoms with van der Waals surface area (Å²) in [6.45, 7) is 1.61. The SMILES string of the molecule is CN(C)CCn1nnc2ccc(C=C3SC(Nc4ccccc4Cl)=NC3=O)cc21. The molecule has 0 atom stereocenters. The minimum atomic E-state index is -0.274. The molecule has 0 bridgehead atoms. The second kappa shape index (κ2) is 8.36. The third kappa shape index (κ3) is 4.50. The molecule has 148 valence electrons. The Morgan fingerprint density at radius 3 is 2.86 bits per heavy atom. The van der Waals surface area contributed by atoms with Crippen LogP contribution >= 0.6 is 23.4 Å². The topological polar surface area (TPSA) is 75.4 Å². The predicted molar refractivity (Wildman–Crippen MR) is 119 cm³/mol. The van der Waals surface area contributed by atoms with Gasteiger partial charge in [-0.3, -0.25) is 4.79 Å². The van der Waals surface area contributed by atoms with Crippen molar-refractivity contribution in [3.05, 3.63) is 58.0 Å². The molecule has 0 spiro atoms. The zero-order chi connectivity index (χ0) is 20.4. The van der Waals surface area contributed by atoms with Crippen LogP contribution in [0.25, 0.3) is 17.1 Å². The largest absolute Gasteiger partial charge is 0.333 e. The number of nitrogens with one attached hydrogen (secondary N) is 1. The van der Waals surface area contributed by atoms with E-state index < -0.39 is 0 Å². The number of aliphatic imine (C=N–C) groups is 1. The van der Waals surface area contributed by atoms with Crippen LogP contribution in [0, 0.1) is 0 Å². The highest BCUT2D eigenvalue weighted by molar-refractivity contribution is 8.18. The molecule has 1 amide bonds. The molecule has 1 aliphatic rings. The predicted octanol–water partition coefficient (Wildman–Crippen LogP) is 3.73. The lowest BCUT2D eigenvalue weighted by atomic mass is 10.2. The van der Waals surface area contributed by atoms with Gasteiger partial charge in [0.05, 0.1) is 27.7 Å². The van der Waals surface area contributed by atoms with E-state index in [2.05, 4.69) is 25.5 Å². The summed E-state index contributed by atoms with van der Waals surface area (Å²) < 4.78 is 1.88. The number of amides is 1. The minimum absolute atomic E-state index is 0.274. The van der Waals surface area contributed by atoms with Crippen LogP contribution in [0.5, 0.6) is 0 Å². The molecule has 2 aromatic carbocycles. The second-order valence-electron chi connectivity index (χ2n) is 6.80. The van der Waals surface area contributed by atoms with Gasteiger partial charge in [0.2, 0.25) is 0 Å². The Hall–Kier alpha value is -2.68. The van der Waals surface area contributed by atoms with Crippen LogP contribution in [0.4, 0.5) is 5.69 Å². The van der Waals surface area contributed by atoms with Crippen molar-refractivity contribution in [1.82, 2.24) is 19.9 Å². The number of hydrogen-bond acceptors (Lipinski definition) is 6. The highest BCUT2D eigenvalue weighted by atomic mass is 35.5. The first-order chi connectivity index (χ1) is 14.0. The van der Waals surface area contributed by atoms with Crippen LogP contribution in [-0.2, 0) is 11.3 Å². The maximum absolute atomic E-state index is 12.3. The Balaban J connectivity index is 1.53. The average Bonchev–Trinajstić information content (AvgIpc) is 3.25. The van der Waals surface area contributed by atoms with Gasteiger partial charge >= 0.3 is 0 Å². The summed E-state index contributed by atoms with van der Waals surface area (Å²) >= 11 is 7.46. The number of hydrogen-bond donors (Lipinski definition) is 1. The molecule has 7 nitrogen and oxygen atoms in total. The summed E-state index contributed by atoms with van der Waals surface area (Å²) in [4.78, 5) is 19.1. The summed E-state index contributed by atoms with van der Waals surface area (Å²) in [6.07, 6.45) is 1.83. The summed E-state index contributed by atoms with van der Waals surface area (Å²) in [5.74, 6) is -0.274. The van der Waals surface area contributed by atoms with Gasteiger partial charge < -0.3 is 10.2 Å². The molecule has 1 aliphatic heterocycles. The molecular weight excluding hydrogens is 408 g/mol. The fraction of sp³-hybridized carbons (Fsp3) is 0.200. The first kappa shape index (κ1) is 19.6. The minimum Gasteiger partial charge on any atom is -0.333 e. The van der Waals surface area contributed by atoms with E-state index in [4.69, 9.17) is 11.6 Å². The molecule has 1 aromatic heterocycles. The fourth-order valence-corrected chi connectivity index (χ4v) is 3.83. The number of likely N-dealkylation sites (N-methyl/N-ethyl adjacent to an activating group) is 1. The summed E-state index contributed by atoms with van der Waals surface area (Å²) in [7, 11) is 4.04. The molecule has 0 radical (unpaired) electrons. The number of carbonyl (C=O) groups is 1. The Labute approximate surface area is 177 Å². The van der Waals surface area contributed by atoms with Gasteiger partial charge in [0, 0.05) is 6.54 Å². The first-order valence-corrected chi connectivity index (χ1v) is 10.2. The van der Waals surface area contributed by atoms with Gasteiger partial charge in [-0.2, -0.15) is 4.99 Å². The highest BCUT2D eigenvalue weighted by Gasteiger charge is 2.22. The zero-order valence-electron chi connectivity index (χ0n) is 16.0. The lowest BCUT2D eigenvalue weighted by Gasteiger charge is -2.09. The van der Waals surface area contributed by atoms with E-state index in [-0.39, 0.29) is 5.91 Å². The van der Waals surface area contributed by atoms with Crippen molar-refractivity contribution >= 4 is 57.2 Å². The molecule has 0 saturated carbocycles. The van der Waals surface area contributed by atoms with Crippen LogP contribution in [-0.4, -0.2) is 51.6 Å². The molecule has 0 saturated heterocycles. The molecule has 1 N–H and O–H groups in total. The molecular formula is C20H19ClN6OS. The first-order valence-electron chi connectivity index (χ1n) is 9.02. The van der Waals surface area contributed by atoms with Gasteiger partial charge in [0.25, 0.3) is 5.91 Å². The molecule has 0 unspecified atom stereocenters. The van der Waals surface area contributed by atoms with Gasteiger partial charge in [-0.05, 0) is 61.8 Å². The summed E-state index contributed by atoms with van der Waals surface area (Å²) in [5.41, 5.74) is 3.38. The number of nitrogens with zero attached hydrogens (tertiary/aromatic N) is 5. The number of carbonyl (C=O) groups excluding carboxylic acids is 1.